The monoisotopic (exact) mass is 381 g/mol. The van der Waals surface area contributed by atoms with Crippen LogP contribution in [0.2, 0.25) is 0 Å². The number of carbonyl (C=O) groups excluding carboxylic acids is 2. The van der Waals surface area contributed by atoms with Crippen LogP contribution in [0, 0.1) is 6.92 Å². The second kappa shape index (κ2) is 8.04. The molecule has 1 atom stereocenters. The van der Waals surface area contributed by atoms with Crippen LogP contribution in [-0.4, -0.2) is 45.8 Å². The van der Waals surface area contributed by atoms with Crippen LogP contribution >= 0.6 is 0 Å². The highest BCUT2D eigenvalue weighted by molar-refractivity contribution is 5.94. The minimum Gasteiger partial charge on any atom is -0.353 e. The molecule has 1 saturated carbocycles. The van der Waals surface area contributed by atoms with Crippen LogP contribution in [0.4, 0.5) is 10.6 Å². The summed E-state index contributed by atoms with van der Waals surface area (Å²) in [7, 11) is 0. The van der Waals surface area contributed by atoms with E-state index in [4.69, 9.17) is 0 Å². The van der Waals surface area contributed by atoms with Gasteiger partial charge in [0.2, 0.25) is 5.91 Å². The van der Waals surface area contributed by atoms with E-state index in [2.05, 4.69) is 15.7 Å². The fourth-order valence-corrected chi connectivity index (χ4v) is 4.22. The molecule has 0 radical (unpaired) electrons. The zero-order valence-corrected chi connectivity index (χ0v) is 16.2. The number of aromatic nitrogens is 2. The molecule has 2 N–H and O–H groups in total. The van der Waals surface area contributed by atoms with Crippen LogP contribution in [0.15, 0.2) is 36.4 Å². The van der Waals surface area contributed by atoms with E-state index in [1.807, 2.05) is 48.0 Å². The lowest BCUT2D eigenvalue weighted by molar-refractivity contribution is -0.127. The number of urea groups is 1. The molecule has 2 aliphatic rings. The Labute approximate surface area is 165 Å². The quantitative estimate of drug-likeness (QED) is 0.855. The van der Waals surface area contributed by atoms with Crippen molar-refractivity contribution in [3.8, 4) is 0 Å². The Hall–Kier alpha value is -2.83. The van der Waals surface area contributed by atoms with Gasteiger partial charge in [0.25, 0.3) is 0 Å². The van der Waals surface area contributed by atoms with Gasteiger partial charge in [0.15, 0.2) is 0 Å². The number of nitrogens with zero attached hydrogens (tertiary/aromatic N) is 3. The van der Waals surface area contributed by atoms with Gasteiger partial charge in [0.05, 0.1) is 11.7 Å². The van der Waals surface area contributed by atoms with Crippen LogP contribution in [0.25, 0.3) is 0 Å². The van der Waals surface area contributed by atoms with Crippen molar-refractivity contribution in [3.05, 3.63) is 47.7 Å². The predicted molar refractivity (Wildman–Crippen MR) is 107 cm³/mol. The molecule has 1 saturated heterocycles. The molecule has 0 spiro atoms. The van der Waals surface area contributed by atoms with E-state index >= 15 is 0 Å². The number of carbonyl (C=O) groups is 2. The van der Waals surface area contributed by atoms with Crippen LogP contribution in [0.1, 0.15) is 43.0 Å². The second-order valence-corrected chi connectivity index (χ2v) is 7.67. The minimum atomic E-state index is -0.514. The summed E-state index contributed by atoms with van der Waals surface area (Å²) in [6.07, 6.45) is 5.07. The van der Waals surface area contributed by atoms with Gasteiger partial charge in [-0.25, -0.2) is 9.48 Å². The first kappa shape index (κ1) is 18.5. The van der Waals surface area contributed by atoms with Crippen LogP contribution in [0.5, 0.6) is 0 Å². The van der Waals surface area contributed by atoms with Gasteiger partial charge in [-0.3, -0.25) is 10.1 Å². The highest BCUT2D eigenvalue weighted by Crippen LogP contribution is 2.32. The average Bonchev–Trinajstić information content (AvgIpc) is 3.34. The van der Waals surface area contributed by atoms with E-state index in [9.17, 15) is 9.59 Å². The van der Waals surface area contributed by atoms with Crippen molar-refractivity contribution in [3.63, 3.8) is 0 Å². The van der Waals surface area contributed by atoms with Crippen molar-refractivity contribution in [1.29, 1.82) is 0 Å². The maximum atomic E-state index is 13.1. The molecule has 28 heavy (non-hydrogen) atoms. The van der Waals surface area contributed by atoms with Crippen LogP contribution in [0.3, 0.4) is 0 Å². The van der Waals surface area contributed by atoms with Gasteiger partial charge in [-0.15, -0.1) is 0 Å². The van der Waals surface area contributed by atoms with Crippen molar-refractivity contribution in [2.24, 2.45) is 0 Å². The Morgan fingerprint density at radius 2 is 2.00 bits per heavy atom. The number of piperazine rings is 1. The fraction of sp³-hybridized carbons (Fsp3) is 0.476. The molecular formula is C21H27N5O2. The van der Waals surface area contributed by atoms with E-state index in [0.717, 1.165) is 29.9 Å². The molecule has 3 amide bonds. The van der Waals surface area contributed by atoms with Crippen molar-refractivity contribution < 1.29 is 9.59 Å². The standard InChI is InChI=1S/C21H27N5O2/c1-15-13-19(26(24-15)17-9-5-6-10-17)23-21(28)25-12-11-22-20(27)18(25)14-16-7-3-2-4-8-16/h2-4,7-8,13,17-18H,5-6,9-12,14H2,1H3,(H,22,27)(H,23,28)/t18-/m0/s1. The van der Waals surface area contributed by atoms with Gasteiger partial charge >= 0.3 is 6.03 Å². The third-order valence-corrected chi connectivity index (χ3v) is 5.63. The lowest BCUT2D eigenvalue weighted by Gasteiger charge is -2.35. The molecule has 7 heteroatoms. The normalized spacial score (nSPS) is 20.2. The third kappa shape index (κ3) is 3.88. The maximum Gasteiger partial charge on any atom is 0.323 e. The van der Waals surface area contributed by atoms with Crippen LogP contribution in [-0.2, 0) is 11.2 Å². The fourth-order valence-electron chi connectivity index (χ4n) is 4.22. The number of nitrogens with one attached hydrogen (secondary N) is 2. The summed E-state index contributed by atoms with van der Waals surface area (Å²) < 4.78 is 1.95. The van der Waals surface area contributed by atoms with E-state index in [1.54, 1.807) is 4.90 Å². The number of aryl methyl sites for hydroxylation is 1. The molecule has 2 fully saturated rings. The first-order chi connectivity index (χ1) is 13.6. The Kier molecular flexibility index (Phi) is 5.32. The lowest BCUT2D eigenvalue weighted by atomic mass is 10.0. The molecule has 1 aliphatic heterocycles. The van der Waals surface area contributed by atoms with Crippen molar-refractivity contribution in [2.45, 2.75) is 51.1 Å². The number of rotatable bonds is 4. The smallest absolute Gasteiger partial charge is 0.323 e. The lowest BCUT2D eigenvalue weighted by Crippen LogP contribution is -2.59. The molecule has 2 aromatic rings. The summed E-state index contributed by atoms with van der Waals surface area (Å²) in [5.74, 6) is 0.615. The molecule has 1 aliphatic carbocycles. The van der Waals surface area contributed by atoms with Crippen LogP contribution < -0.4 is 10.6 Å². The van der Waals surface area contributed by atoms with E-state index in [-0.39, 0.29) is 11.9 Å². The summed E-state index contributed by atoms with van der Waals surface area (Å²) in [5.41, 5.74) is 1.92. The van der Waals surface area contributed by atoms with E-state index < -0.39 is 6.04 Å². The van der Waals surface area contributed by atoms with Gasteiger partial charge in [-0.2, -0.15) is 5.10 Å². The summed E-state index contributed by atoms with van der Waals surface area (Å²) >= 11 is 0. The van der Waals surface area contributed by atoms with Gasteiger partial charge in [-0.05, 0) is 25.3 Å². The SMILES string of the molecule is Cc1cc(NC(=O)N2CCNC(=O)[C@@H]2Cc2ccccc2)n(C2CCCC2)n1. The van der Waals surface area contributed by atoms with E-state index in [1.165, 1.54) is 12.8 Å². The highest BCUT2D eigenvalue weighted by Gasteiger charge is 2.34. The van der Waals surface area contributed by atoms with Gasteiger partial charge in [0, 0.05) is 25.6 Å². The first-order valence-corrected chi connectivity index (χ1v) is 10.1. The number of benzene rings is 1. The van der Waals surface area contributed by atoms with Gasteiger partial charge in [-0.1, -0.05) is 43.2 Å². The molecule has 0 unspecified atom stereocenters. The third-order valence-electron chi connectivity index (χ3n) is 5.63. The number of hydrogen-bond donors (Lipinski definition) is 2. The molecule has 148 valence electrons. The molecule has 4 rings (SSSR count). The largest absolute Gasteiger partial charge is 0.353 e. The summed E-state index contributed by atoms with van der Waals surface area (Å²) in [6, 6.07) is 11.3. The molecule has 2 heterocycles. The molecule has 1 aromatic heterocycles. The highest BCUT2D eigenvalue weighted by atomic mass is 16.2. The molecule has 1 aromatic carbocycles. The summed E-state index contributed by atoms with van der Waals surface area (Å²) in [5, 5.41) is 10.5. The number of anilines is 1. The second-order valence-electron chi connectivity index (χ2n) is 7.67. The summed E-state index contributed by atoms with van der Waals surface area (Å²) in [6.45, 7) is 2.90. The van der Waals surface area contributed by atoms with Crippen molar-refractivity contribution in [2.75, 3.05) is 18.4 Å². The first-order valence-electron chi connectivity index (χ1n) is 10.1. The average molecular weight is 381 g/mol. The van der Waals surface area contributed by atoms with Gasteiger partial charge < -0.3 is 10.2 Å². The topological polar surface area (TPSA) is 79.3 Å². The number of hydrogen-bond acceptors (Lipinski definition) is 3. The summed E-state index contributed by atoms with van der Waals surface area (Å²) in [4.78, 5) is 27.2. The zero-order chi connectivity index (χ0) is 19.5. The van der Waals surface area contributed by atoms with Crippen molar-refractivity contribution >= 4 is 17.8 Å². The van der Waals surface area contributed by atoms with Crippen molar-refractivity contribution in [1.82, 2.24) is 20.0 Å². The Balaban J connectivity index is 1.52. The van der Waals surface area contributed by atoms with E-state index in [0.29, 0.717) is 25.6 Å². The molecule has 0 bridgehead atoms. The molecular weight excluding hydrogens is 354 g/mol. The minimum absolute atomic E-state index is 0.106. The number of amides is 3. The zero-order valence-electron chi connectivity index (χ0n) is 16.2. The molecule has 7 nitrogen and oxygen atoms in total. The Morgan fingerprint density at radius 1 is 1.25 bits per heavy atom. The predicted octanol–water partition coefficient (Wildman–Crippen LogP) is 2.88. The Bertz CT molecular complexity index is 842. The maximum absolute atomic E-state index is 13.1. The van der Waals surface area contributed by atoms with Gasteiger partial charge in [0.1, 0.15) is 11.9 Å². The Morgan fingerprint density at radius 3 is 2.75 bits per heavy atom.